The molecule has 13 heavy (non-hydrogen) atoms. The second-order valence-electron chi connectivity index (χ2n) is 4.55. The van der Waals surface area contributed by atoms with Gasteiger partial charge in [0.2, 0.25) is 0 Å². The summed E-state index contributed by atoms with van der Waals surface area (Å²) < 4.78 is 5.74. The van der Waals surface area contributed by atoms with Gasteiger partial charge in [-0.3, -0.25) is 0 Å². The van der Waals surface area contributed by atoms with Crippen LogP contribution in [-0.2, 0) is 4.74 Å². The Hall–Kier alpha value is -0.0800. The van der Waals surface area contributed by atoms with Crippen molar-refractivity contribution in [2.24, 2.45) is 11.8 Å². The predicted molar refractivity (Wildman–Crippen MR) is 53.8 cm³/mol. The van der Waals surface area contributed by atoms with Crippen molar-refractivity contribution in [3.05, 3.63) is 0 Å². The van der Waals surface area contributed by atoms with Crippen LogP contribution in [0.25, 0.3) is 0 Å². The van der Waals surface area contributed by atoms with Crippen LogP contribution < -0.4 is 5.32 Å². The molecule has 2 fully saturated rings. The van der Waals surface area contributed by atoms with Gasteiger partial charge in [-0.05, 0) is 44.1 Å². The SMILES string of the molecule is C1CC(COC[C@H]2CCCNC2)C1. The number of hydrogen-bond donors (Lipinski definition) is 1. The average Bonchev–Trinajstić information content (AvgIpc) is 2.11. The fraction of sp³-hybridized carbons (Fsp3) is 1.00. The van der Waals surface area contributed by atoms with Gasteiger partial charge in [0, 0.05) is 13.2 Å². The van der Waals surface area contributed by atoms with Crippen molar-refractivity contribution < 1.29 is 4.74 Å². The van der Waals surface area contributed by atoms with E-state index in [1.807, 2.05) is 0 Å². The lowest BCUT2D eigenvalue weighted by molar-refractivity contribution is 0.0427. The molecule has 1 atom stereocenters. The third-order valence-corrected chi connectivity index (χ3v) is 3.33. The number of hydrogen-bond acceptors (Lipinski definition) is 2. The summed E-state index contributed by atoms with van der Waals surface area (Å²) >= 11 is 0. The van der Waals surface area contributed by atoms with Crippen LogP contribution in [0, 0.1) is 11.8 Å². The monoisotopic (exact) mass is 183 g/mol. The highest BCUT2D eigenvalue weighted by atomic mass is 16.5. The van der Waals surface area contributed by atoms with Gasteiger partial charge in [-0.15, -0.1) is 0 Å². The molecule has 2 aliphatic rings. The van der Waals surface area contributed by atoms with Crippen LogP contribution >= 0.6 is 0 Å². The van der Waals surface area contributed by atoms with E-state index in [0.717, 1.165) is 25.0 Å². The first kappa shape index (κ1) is 9.47. The summed E-state index contributed by atoms with van der Waals surface area (Å²) in [6, 6.07) is 0. The first-order chi connectivity index (χ1) is 6.45. The topological polar surface area (TPSA) is 21.3 Å². The van der Waals surface area contributed by atoms with Gasteiger partial charge in [-0.25, -0.2) is 0 Å². The highest BCUT2D eigenvalue weighted by Crippen LogP contribution is 2.26. The zero-order valence-corrected chi connectivity index (χ0v) is 8.43. The molecule has 2 nitrogen and oxygen atoms in total. The molecule has 0 aromatic heterocycles. The van der Waals surface area contributed by atoms with Crippen LogP contribution in [-0.4, -0.2) is 26.3 Å². The first-order valence-electron chi connectivity index (χ1n) is 5.73. The maximum atomic E-state index is 5.74. The number of nitrogens with one attached hydrogen (secondary N) is 1. The molecule has 2 heteroatoms. The van der Waals surface area contributed by atoms with E-state index in [2.05, 4.69) is 5.32 Å². The van der Waals surface area contributed by atoms with Crippen molar-refractivity contribution in [1.82, 2.24) is 5.32 Å². The molecule has 0 aromatic carbocycles. The van der Waals surface area contributed by atoms with E-state index >= 15 is 0 Å². The fourth-order valence-electron chi connectivity index (χ4n) is 2.13. The molecular weight excluding hydrogens is 162 g/mol. The molecule has 1 saturated heterocycles. The number of ether oxygens (including phenoxy) is 1. The Labute approximate surface area is 81.0 Å². The zero-order valence-electron chi connectivity index (χ0n) is 8.43. The van der Waals surface area contributed by atoms with E-state index in [1.54, 1.807) is 0 Å². The molecule has 1 aliphatic carbocycles. The van der Waals surface area contributed by atoms with Gasteiger partial charge in [-0.1, -0.05) is 6.42 Å². The molecule has 0 spiro atoms. The van der Waals surface area contributed by atoms with Crippen LogP contribution in [0.15, 0.2) is 0 Å². The molecule has 1 N–H and O–H groups in total. The van der Waals surface area contributed by atoms with Crippen molar-refractivity contribution in [2.45, 2.75) is 32.1 Å². The summed E-state index contributed by atoms with van der Waals surface area (Å²) in [5, 5.41) is 3.42. The van der Waals surface area contributed by atoms with Crippen molar-refractivity contribution in [3.63, 3.8) is 0 Å². The lowest BCUT2D eigenvalue weighted by Crippen LogP contribution is -2.33. The van der Waals surface area contributed by atoms with Crippen molar-refractivity contribution in [2.75, 3.05) is 26.3 Å². The Morgan fingerprint density at radius 1 is 1.00 bits per heavy atom. The van der Waals surface area contributed by atoms with Crippen LogP contribution in [0.2, 0.25) is 0 Å². The number of piperidine rings is 1. The minimum absolute atomic E-state index is 0.786. The molecular formula is C11H21NO. The normalized spacial score (nSPS) is 30.0. The Balaban J connectivity index is 1.50. The molecule has 2 rings (SSSR count). The summed E-state index contributed by atoms with van der Waals surface area (Å²) in [5.41, 5.74) is 0. The Morgan fingerprint density at radius 2 is 1.77 bits per heavy atom. The smallest absolute Gasteiger partial charge is 0.0506 e. The summed E-state index contributed by atoms with van der Waals surface area (Å²) in [5.74, 6) is 1.69. The van der Waals surface area contributed by atoms with E-state index in [1.165, 1.54) is 45.2 Å². The second kappa shape index (κ2) is 4.97. The Morgan fingerprint density at radius 3 is 2.38 bits per heavy atom. The van der Waals surface area contributed by atoms with Crippen molar-refractivity contribution in [3.8, 4) is 0 Å². The first-order valence-corrected chi connectivity index (χ1v) is 5.73. The zero-order chi connectivity index (χ0) is 8.93. The molecule has 0 radical (unpaired) electrons. The van der Waals surface area contributed by atoms with Gasteiger partial charge in [0.15, 0.2) is 0 Å². The standard InChI is InChI=1S/C11H21NO/c1-3-10(4-1)8-13-9-11-5-2-6-12-7-11/h10-12H,1-9H2/t11-/m0/s1. The summed E-state index contributed by atoms with van der Waals surface area (Å²) in [6.45, 7) is 4.39. The number of rotatable bonds is 4. The Kier molecular flexibility index (Phi) is 3.62. The minimum atomic E-state index is 0.786. The summed E-state index contributed by atoms with van der Waals surface area (Å²) in [4.78, 5) is 0. The van der Waals surface area contributed by atoms with Gasteiger partial charge < -0.3 is 10.1 Å². The van der Waals surface area contributed by atoms with Gasteiger partial charge in [0.1, 0.15) is 0 Å². The highest BCUT2D eigenvalue weighted by Gasteiger charge is 2.18. The molecule has 76 valence electrons. The van der Waals surface area contributed by atoms with Crippen molar-refractivity contribution >= 4 is 0 Å². The Bertz CT molecular complexity index is 139. The van der Waals surface area contributed by atoms with Crippen LogP contribution in [0.3, 0.4) is 0 Å². The van der Waals surface area contributed by atoms with E-state index in [0.29, 0.717) is 0 Å². The molecule has 1 heterocycles. The van der Waals surface area contributed by atoms with Crippen LogP contribution in [0.1, 0.15) is 32.1 Å². The summed E-state index contributed by atoms with van der Waals surface area (Å²) in [6.07, 6.45) is 6.93. The maximum Gasteiger partial charge on any atom is 0.0506 e. The van der Waals surface area contributed by atoms with Crippen molar-refractivity contribution in [1.29, 1.82) is 0 Å². The van der Waals surface area contributed by atoms with Gasteiger partial charge >= 0.3 is 0 Å². The third-order valence-electron chi connectivity index (χ3n) is 3.33. The molecule has 0 amide bonds. The molecule has 0 bridgehead atoms. The fourth-order valence-corrected chi connectivity index (χ4v) is 2.13. The maximum absolute atomic E-state index is 5.74. The van der Waals surface area contributed by atoms with E-state index in [4.69, 9.17) is 4.74 Å². The quantitative estimate of drug-likeness (QED) is 0.717. The molecule has 0 unspecified atom stereocenters. The lowest BCUT2D eigenvalue weighted by Gasteiger charge is -2.27. The van der Waals surface area contributed by atoms with Gasteiger partial charge in [0.05, 0.1) is 6.61 Å². The van der Waals surface area contributed by atoms with Gasteiger partial charge in [-0.2, -0.15) is 0 Å². The third kappa shape index (κ3) is 2.96. The van der Waals surface area contributed by atoms with E-state index in [-0.39, 0.29) is 0 Å². The largest absolute Gasteiger partial charge is 0.381 e. The average molecular weight is 183 g/mol. The minimum Gasteiger partial charge on any atom is -0.381 e. The predicted octanol–water partition coefficient (Wildman–Crippen LogP) is 1.80. The molecule has 1 aliphatic heterocycles. The molecule has 0 aromatic rings. The van der Waals surface area contributed by atoms with Crippen LogP contribution in [0.5, 0.6) is 0 Å². The molecule has 1 saturated carbocycles. The lowest BCUT2D eigenvalue weighted by atomic mass is 9.86. The second-order valence-corrected chi connectivity index (χ2v) is 4.55. The van der Waals surface area contributed by atoms with Gasteiger partial charge in [0.25, 0.3) is 0 Å². The van der Waals surface area contributed by atoms with E-state index in [9.17, 15) is 0 Å². The van der Waals surface area contributed by atoms with Crippen LogP contribution in [0.4, 0.5) is 0 Å². The van der Waals surface area contributed by atoms with E-state index < -0.39 is 0 Å². The summed E-state index contributed by atoms with van der Waals surface area (Å²) in [7, 11) is 0. The highest BCUT2D eigenvalue weighted by molar-refractivity contribution is 4.71.